The molecule has 0 bridgehead atoms. The molecule has 0 aliphatic carbocycles. The maximum absolute atomic E-state index is 12.3. The van der Waals surface area contributed by atoms with Gasteiger partial charge >= 0.3 is 5.97 Å². The van der Waals surface area contributed by atoms with Crippen LogP contribution in [0.1, 0.15) is 28.4 Å². The van der Waals surface area contributed by atoms with E-state index in [1.165, 1.54) is 13.0 Å². The minimum Gasteiger partial charge on any atom is -0.481 e. The number of non-ortho nitro benzene ring substituents is 1. The monoisotopic (exact) mass is 500 g/mol. The molecule has 0 radical (unpaired) electrons. The van der Waals surface area contributed by atoms with Gasteiger partial charge in [0.15, 0.2) is 11.6 Å². The lowest BCUT2D eigenvalue weighted by molar-refractivity contribution is -0.384. The predicted molar refractivity (Wildman–Crippen MR) is 134 cm³/mol. The number of carboxylic acids is 1. The number of nitro groups is 1. The van der Waals surface area contributed by atoms with Crippen LogP contribution in [0.25, 0.3) is 28.5 Å². The SMILES string of the molecule is CC(=O)c1ccc(/C=C/C(=O)Nc2ccc(-c3nc4c(CC(=O)O)cc([N+](=O)[O-])cc4n3O)cc2)cc1. The Labute approximate surface area is 209 Å². The molecule has 4 aromatic rings. The zero-order valence-corrected chi connectivity index (χ0v) is 19.4. The van der Waals surface area contributed by atoms with Crippen molar-refractivity contribution < 1.29 is 29.6 Å². The van der Waals surface area contributed by atoms with Gasteiger partial charge in [-0.25, -0.2) is 4.98 Å². The first-order valence-electron chi connectivity index (χ1n) is 10.9. The molecule has 0 fully saturated rings. The van der Waals surface area contributed by atoms with Crippen LogP contribution >= 0.6 is 0 Å². The number of rotatable bonds is 8. The number of carboxylic acid groups (broad SMARTS) is 1. The maximum Gasteiger partial charge on any atom is 0.307 e. The van der Waals surface area contributed by atoms with Gasteiger partial charge in [-0.05, 0) is 48.4 Å². The molecule has 1 heterocycles. The quantitative estimate of drug-likeness (QED) is 0.106. The van der Waals surface area contributed by atoms with Gasteiger partial charge in [0.25, 0.3) is 5.69 Å². The molecule has 1 aromatic heterocycles. The maximum atomic E-state index is 12.3. The number of imidazole rings is 1. The van der Waals surface area contributed by atoms with Crippen molar-refractivity contribution in [1.82, 2.24) is 9.71 Å². The molecule has 0 atom stereocenters. The van der Waals surface area contributed by atoms with Gasteiger partial charge in [0.2, 0.25) is 5.91 Å². The van der Waals surface area contributed by atoms with Crippen LogP contribution in [0.2, 0.25) is 0 Å². The number of hydrogen-bond donors (Lipinski definition) is 3. The molecule has 37 heavy (non-hydrogen) atoms. The van der Waals surface area contributed by atoms with Crippen LogP contribution in [-0.4, -0.2) is 42.6 Å². The summed E-state index contributed by atoms with van der Waals surface area (Å²) in [6, 6.07) is 15.4. The zero-order valence-electron chi connectivity index (χ0n) is 19.4. The summed E-state index contributed by atoms with van der Waals surface area (Å²) in [6.07, 6.45) is 2.45. The van der Waals surface area contributed by atoms with E-state index in [-0.39, 0.29) is 39.8 Å². The number of benzene rings is 3. The third-order valence-corrected chi connectivity index (χ3v) is 5.51. The molecule has 0 aliphatic heterocycles. The van der Waals surface area contributed by atoms with Crippen molar-refractivity contribution in [3.05, 3.63) is 93.5 Å². The average Bonchev–Trinajstić information content (AvgIpc) is 3.20. The van der Waals surface area contributed by atoms with E-state index in [1.807, 2.05) is 0 Å². The van der Waals surface area contributed by atoms with Gasteiger partial charge in [0, 0.05) is 35.0 Å². The number of aromatic nitrogens is 2. The van der Waals surface area contributed by atoms with Gasteiger partial charge in [-0.2, -0.15) is 4.73 Å². The van der Waals surface area contributed by atoms with E-state index in [9.17, 15) is 29.7 Å². The Morgan fingerprint density at radius 2 is 1.76 bits per heavy atom. The summed E-state index contributed by atoms with van der Waals surface area (Å²) in [5, 5.41) is 33.8. The van der Waals surface area contributed by atoms with Crippen molar-refractivity contribution >= 4 is 46.1 Å². The van der Waals surface area contributed by atoms with Crippen LogP contribution in [0.15, 0.2) is 66.7 Å². The topological polar surface area (TPSA) is 165 Å². The van der Waals surface area contributed by atoms with Crippen molar-refractivity contribution in [2.24, 2.45) is 0 Å². The Bertz CT molecular complexity index is 1570. The molecule has 11 heteroatoms. The van der Waals surface area contributed by atoms with E-state index in [4.69, 9.17) is 5.11 Å². The second-order valence-corrected chi connectivity index (χ2v) is 8.13. The highest BCUT2D eigenvalue weighted by molar-refractivity contribution is 6.02. The summed E-state index contributed by atoms with van der Waals surface area (Å²) in [4.78, 5) is 49.8. The Kier molecular flexibility index (Phi) is 6.78. The molecule has 3 aromatic carbocycles. The van der Waals surface area contributed by atoms with Crippen molar-refractivity contribution in [2.75, 3.05) is 5.32 Å². The third kappa shape index (κ3) is 5.51. The molecule has 0 saturated carbocycles. The van der Waals surface area contributed by atoms with E-state index in [2.05, 4.69) is 10.3 Å². The van der Waals surface area contributed by atoms with Gasteiger partial charge < -0.3 is 15.6 Å². The Morgan fingerprint density at radius 1 is 1.08 bits per heavy atom. The largest absolute Gasteiger partial charge is 0.481 e. The van der Waals surface area contributed by atoms with Crippen molar-refractivity contribution in [3.63, 3.8) is 0 Å². The smallest absolute Gasteiger partial charge is 0.307 e. The van der Waals surface area contributed by atoms with Gasteiger partial charge in [-0.1, -0.05) is 24.3 Å². The molecular formula is C26H20N4O7. The minimum absolute atomic E-state index is 0.000646. The fraction of sp³-hybridized carbons (Fsp3) is 0.0769. The number of nitro benzene ring substituents is 1. The molecule has 4 rings (SSSR count). The first-order valence-corrected chi connectivity index (χ1v) is 10.9. The van der Waals surface area contributed by atoms with Crippen LogP contribution < -0.4 is 5.32 Å². The lowest BCUT2D eigenvalue weighted by Gasteiger charge is -2.05. The highest BCUT2D eigenvalue weighted by Gasteiger charge is 2.21. The summed E-state index contributed by atoms with van der Waals surface area (Å²) in [5.41, 5.74) is 2.08. The molecule has 186 valence electrons. The number of carbonyl (C=O) groups is 3. The number of aliphatic carboxylic acids is 1. The number of nitrogens with one attached hydrogen (secondary N) is 1. The Balaban J connectivity index is 1.54. The molecule has 3 N–H and O–H groups in total. The van der Waals surface area contributed by atoms with Crippen molar-refractivity contribution in [3.8, 4) is 11.4 Å². The number of carbonyl (C=O) groups excluding carboxylic acids is 2. The highest BCUT2D eigenvalue weighted by Crippen LogP contribution is 2.30. The van der Waals surface area contributed by atoms with E-state index >= 15 is 0 Å². The second-order valence-electron chi connectivity index (χ2n) is 8.13. The van der Waals surface area contributed by atoms with Crippen LogP contribution in [0.3, 0.4) is 0 Å². The summed E-state index contributed by atoms with van der Waals surface area (Å²) in [6.45, 7) is 1.47. The van der Waals surface area contributed by atoms with Gasteiger partial charge in [-0.3, -0.25) is 24.5 Å². The lowest BCUT2D eigenvalue weighted by Crippen LogP contribution is -2.07. The second kappa shape index (κ2) is 10.1. The predicted octanol–water partition coefficient (Wildman–Crippen LogP) is 4.33. The molecule has 0 saturated heterocycles. The Hall–Kier alpha value is -5.32. The number of ketones is 1. The fourth-order valence-electron chi connectivity index (χ4n) is 3.70. The van der Waals surface area contributed by atoms with E-state index in [1.54, 1.807) is 54.6 Å². The van der Waals surface area contributed by atoms with Crippen molar-refractivity contribution in [1.29, 1.82) is 0 Å². The van der Waals surface area contributed by atoms with Crippen molar-refractivity contribution in [2.45, 2.75) is 13.3 Å². The summed E-state index contributed by atoms with van der Waals surface area (Å²) >= 11 is 0. The molecule has 11 nitrogen and oxygen atoms in total. The minimum atomic E-state index is -1.20. The summed E-state index contributed by atoms with van der Waals surface area (Å²) in [5.74, 6) is -1.58. The van der Waals surface area contributed by atoms with Crippen LogP contribution in [0.5, 0.6) is 0 Å². The summed E-state index contributed by atoms with van der Waals surface area (Å²) in [7, 11) is 0. The number of amides is 1. The van der Waals surface area contributed by atoms with Gasteiger partial charge in [0.1, 0.15) is 5.52 Å². The standard InChI is InChI=1S/C26H20N4O7/c1-15(31)17-5-2-16(3-6-17)4-11-23(32)27-20-9-7-18(8-10-20)26-28-25-19(13-24(33)34)12-21(30(36)37)14-22(25)29(26)35/h2-12,14,35H,13H2,1H3,(H,27,32)(H,33,34)/b11-4+. The summed E-state index contributed by atoms with van der Waals surface area (Å²) < 4.78 is 0.668. The number of anilines is 1. The number of nitrogens with zero attached hydrogens (tertiary/aromatic N) is 3. The van der Waals surface area contributed by atoms with Crippen LogP contribution in [-0.2, 0) is 16.0 Å². The zero-order chi connectivity index (χ0) is 26.7. The first-order chi connectivity index (χ1) is 17.6. The van der Waals surface area contributed by atoms with Gasteiger partial charge in [-0.15, -0.1) is 0 Å². The fourth-order valence-corrected chi connectivity index (χ4v) is 3.70. The van der Waals surface area contributed by atoms with Crippen LogP contribution in [0, 0.1) is 10.1 Å². The van der Waals surface area contributed by atoms with E-state index < -0.39 is 17.3 Å². The first kappa shape index (κ1) is 24.8. The number of fused-ring (bicyclic) bond motifs is 1. The molecule has 0 spiro atoms. The molecule has 0 unspecified atom stereocenters. The number of Topliss-reactive ketones (excluding diaryl/α,β-unsaturated/α-hetero) is 1. The third-order valence-electron chi connectivity index (χ3n) is 5.51. The lowest BCUT2D eigenvalue weighted by atomic mass is 10.1. The Morgan fingerprint density at radius 3 is 2.35 bits per heavy atom. The normalized spacial score (nSPS) is 11.1. The molecule has 1 amide bonds. The molecular weight excluding hydrogens is 480 g/mol. The van der Waals surface area contributed by atoms with E-state index in [0.717, 1.165) is 17.7 Å². The highest BCUT2D eigenvalue weighted by atomic mass is 16.6. The van der Waals surface area contributed by atoms with E-state index in [0.29, 0.717) is 21.5 Å². The average molecular weight is 500 g/mol. The molecule has 0 aliphatic rings. The van der Waals surface area contributed by atoms with Gasteiger partial charge in [0.05, 0.1) is 16.9 Å². The number of hydrogen-bond acceptors (Lipinski definition) is 7. The van der Waals surface area contributed by atoms with Crippen LogP contribution in [0.4, 0.5) is 11.4 Å².